The standard InChI is InChI=1S/C18H25NO4/c1-4-5-14-8-13(9-16(23-3)17(14)20)10-19-11-15(18(21)22)7-6-12(19)2/h4,8-9,12,15,20H,1,5-7,10-11H2,2-3H3,(H,21,22). The fourth-order valence-electron chi connectivity index (χ4n) is 3.12. The maximum Gasteiger partial charge on any atom is 0.307 e. The third-order valence-corrected chi connectivity index (χ3v) is 4.54. The van der Waals surface area contributed by atoms with Gasteiger partial charge in [0, 0.05) is 24.7 Å². The van der Waals surface area contributed by atoms with Crippen molar-refractivity contribution in [2.75, 3.05) is 13.7 Å². The molecule has 2 atom stereocenters. The van der Waals surface area contributed by atoms with E-state index in [0.29, 0.717) is 31.3 Å². The van der Waals surface area contributed by atoms with Crippen molar-refractivity contribution in [1.29, 1.82) is 0 Å². The summed E-state index contributed by atoms with van der Waals surface area (Å²) in [5.41, 5.74) is 1.78. The molecule has 1 aromatic rings. The van der Waals surface area contributed by atoms with Crippen molar-refractivity contribution in [3.05, 3.63) is 35.9 Å². The first-order valence-corrected chi connectivity index (χ1v) is 7.92. The van der Waals surface area contributed by atoms with Gasteiger partial charge in [0.1, 0.15) is 0 Å². The zero-order valence-electron chi connectivity index (χ0n) is 13.8. The van der Waals surface area contributed by atoms with Gasteiger partial charge in [0.25, 0.3) is 0 Å². The Morgan fingerprint density at radius 2 is 2.22 bits per heavy atom. The fraction of sp³-hybridized carbons (Fsp3) is 0.500. The smallest absolute Gasteiger partial charge is 0.307 e. The topological polar surface area (TPSA) is 70.0 Å². The van der Waals surface area contributed by atoms with Crippen LogP contribution in [0.4, 0.5) is 0 Å². The van der Waals surface area contributed by atoms with Crippen LogP contribution in [-0.4, -0.2) is 40.8 Å². The molecule has 0 radical (unpaired) electrons. The van der Waals surface area contributed by atoms with Gasteiger partial charge < -0.3 is 14.9 Å². The normalized spacial score (nSPS) is 21.8. The predicted molar refractivity (Wildman–Crippen MR) is 88.8 cm³/mol. The van der Waals surface area contributed by atoms with E-state index < -0.39 is 5.97 Å². The highest BCUT2D eigenvalue weighted by atomic mass is 16.5. The minimum Gasteiger partial charge on any atom is -0.504 e. The van der Waals surface area contributed by atoms with Crippen molar-refractivity contribution >= 4 is 5.97 Å². The van der Waals surface area contributed by atoms with Crippen molar-refractivity contribution in [1.82, 2.24) is 4.90 Å². The third-order valence-electron chi connectivity index (χ3n) is 4.54. The lowest BCUT2D eigenvalue weighted by Gasteiger charge is -2.36. The highest BCUT2D eigenvalue weighted by molar-refractivity contribution is 5.70. The highest BCUT2D eigenvalue weighted by Crippen LogP contribution is 2.33. The number of benzene rings is 1. The van der Waals surface area contributed by atoms with E-state index in [4.69, 9.17) is 4.74 Å². The van der Waals surface area contributed by atoms with Crippen LogP contribution in [0.15, 0.2) is 24.8 Å². The summed E-state index contributed by atoms with van der Waals surface area (Å²) in [4.78, 5) is 13.4. The Morgan fingerprint density at radius 1 is 1.48 bits per heavy atom. The molecular formula is C18H25NO4. The zero-order valence-corrected chi connectivity index (χ0v) is 13.8. The summed E-state index contributed by atoms with van der Waals surface area (Å²) in [7, 11) is 1.53. The molecule has 1 aliphatic heterocycles. The highest BCUT2D eigenvalue weighted by Gasteiger charge is 2.29. The maximum absolute atomic E-state index is 11.3. The molecule has 1 aliphatic rings. The average molecular weight is 319 g/mol. The second-order valence-electron chi connectivity index (χ2n) is 6.19. The number of piperidine rings is 1. The number of hydrogen-bond donors (Lipinski definition) is 2. The van der Waals surface area contributed by atoms with E-state index in [1.807, 2.05) is 12.1 Å². The molecule has 5 nitrogen and oxygen atoms in total. The molecule has 5 heteroatoms. The van der Waals surface area contributed by atoms with Gasteiger partial charge in [-0.05, 0) is 37.8 Å². The van der Waals surface area contributed by atoms with E-state index in [1.165, 1.54) is 7.11 Å². The molecule has 1 heterocycles. The molecule has 0 amide bonds. The quantitative estimate of drug-likeness (QED) is 0.789. The molecule has 0 aromatic heterocycles. The number of likely N-dealkylation sites (tertiary alicyclic amines) is 1. The monoisotopic (exact) mass is 319 g/mol. The van der Waals surface area contributed by atoms with Crippen LogP contribution in [0, 0.1) is 5.92 Å². The summed E-state index contributed by atoms with van der Waals surface area (Å²) in [6, 6.07) is 4.10. The zero-order chi connectivity index (χ0) is 17.0. The third kappa shape index (κ3) is 4.05. The first-order valence-electron chi connectivity index (χ1n) is 7.92. The molecule has 1 saturated heterocycles. The lowest BCUT2D eigenvalue weighted by molar-refractivity contribution is -0.144. The first kappa shape index (κ1) is 17.3. The van der Waals surface area contributed by atoms with E-state index in [0.717, 1.165) is 24.0 Å². The van der Waals surface area contributed by atoms with E-state index in [1.54, 1.807) is 6.08 Å². The summed E-state index contributed by atoms with van der Waals surface area (Å²) in [5, 5.41) is 19.4. The molecule has 2 rings (SSSR count). The van der Waals surface area contributed by atoms with Crippen LogP contribution in [0.1, 0.15) is 30.9 Å². The number of aromatic hydroxyl groups is 1. The minimum atomic E-state index is -0.725. The van der Waals surface area contributed by atoms with Crippen LogP contribution >= 0.6 is 0 Å². The number of phenols is 1. The van der Waals surface area contributed by atoms with Crippen LogP contribution in [-0.2, 0) is 17.8 Å². The number of rotatable bonds is 6. The molecule has 1 fully saturated rings. The SMILES string of the molecule is C=CCc1cc(CN2CC(C(=O)O)CCC2C)cc(OC)c1O. The van der Waals surface area contributed by atoms with Gasteiger partial charge in [-0.25, -0.2) is 0 Å². The van der Waals surface area contributed by atoms with Crippen LogP contribution in [0.2, 0.25) is 0 Å². The van der Waals surface area contributed by atoms with Gasteiger partial charge in [0.15, 0.2) is 11.5 Å². The molecule has 2 N–H and O–H groups in total. The molecule has 2 unspecified atom stereocenters. The number of carboxylic acids is 1. The van der Waals surface area contributed by atoms with Crippen LogP contribution in [0.3, 0.4) is 0 Å². The Kier molecular flexibility index (Phi) is 5.66. The Bertz CT molecular complexity index is 585. The van der Waals surface area contributed by atoms with Gasteiger partial charge in [0.2, 0.25) is 0 Å². The van der Waals surface area contributed by atoms with E-state index in [9.17, 15) is 15.0 Å². The Morgan fingerprint density at radius 3 is 2.83 bits per heavy atom. The molecule has 0 saturated carbocycles. The first-order chi connectivity index (χ1) is 11.0. The molecule has 23 heavy (non-hydrogen) atoms. The van der Waals surface area contributed by atoms with Crippen LogP contribution < -0.4 is 4.74 Å². The van der Waals surface area contributed by atoms with Crippen molar-refractivity contribution < 1.29 is 19.7 Å². The Balaban J connectivity index is 2.22. The number of aliphatic carboxylic acids is 1. The maximum atomic E-state index is 11.3. The van der Waals surface area contributed by atoms with Gasteiger partial charge in [-0.1, -0.05) is 12.1 Å². The van der Waals surface area contributed by atoms with Crippen molar-refractivity contribution in [3.63, 3.8) is 0 Å². The summed E-state index contributed by atoms with van der Waals surface area (Å²) in [6.07, 6.45) is 3.91. The largest absolute Gasteiger partial charge is 0.504 e. The van der Waals surface area contributed by atoms with Crippen molar-refractivity contribution in [2.45, 2.75) is 38.8 Å². The van der Waals surface area contributed by atoms with E-state index in [2.05, 4.69) is 18.4 Å². The lowest BCUT2D eigenvalue weighted by atomic mass is 9.93. The summed E-state index contributed by atoms with van der Waals surface area (Å²) < 4.78 is 5.25. The number of ether oxygens (including phenoxy) is 1. The molecular weight excluding hydrogens is 294 g/mol. The second kappa shape index (κ2) is 7.51. The lowest BCUT2D eigenvalue weighted by Crippen LogP contribution is -2.43. The number of methoxy groups -OCH3 is 1. The molecule has 0 spiro atoms. The fourth-order valence-corrected chi connectivity index (χ4v) is 3.12. The van der Waals surface area contributed by atoms with Crippen molar-refractivity contribution in [2.24, 2.45) is 5.92 Å². The Hall–Kier alpha value is -2.01. The molecule has 0 aliphatic carbocycles. The second-order valence-corrected chi connectivity index (χ2v) is 6.19. The number of carbonyl (C=O) groups is 1. The van der Waals surface area contributed by atoms with Gasteiger partial charge in [-0.3, -0.25) is 9.69 Å². The Labute approximate surface area is 137 Å². The number of allylic oxidation sites excluding steroid dienone is 1. The minimum absolute atomic E-state index is 0.145. The van der Waals surface area contributed by atoms with E-state index >= 15 is 0 Å². The molecule has 126 valence electrons. The van der Waals surface area contributed by atoms with Gasteiger partial charge in [-0.15, -0.1) is 6.58 Å². The summed E-state index contributed by atoms with van der Waals surface area (Å²) in [5.74, 6) is -0.444. The number of hydrogen-bond acceptors (Lipinski definition) is 4. The molecule has 0 bridgehead atoms. The summed E-state index contributed by atoms with van der Waals surface area (Å²) in [6.45, 7) is 7.03. The average Bonchev–Trinajstić information content (AvgIpc) is 2.52. The number of carboxylic acid groups (broad SMARTS) is 1. The summed E-state index contributed by atoms with van der Waals surface area (Å²) >= 11 is 0. The van der Waals surface area contributed by atoms with Gasteiger partial charge in [-0.2, -0.15) is 0 Å². The number of nitrogens with zero attached hydrogens (tertiary/aromatic N) is 1. The van der Waals surface area contributed by atoms with Crippen molar-refractivity contribution in [3.8, 4) is 11.5 Å². The van der Waals surface area contributed by atoms with Gasteiger partial charge >= 0.3 is 5.97 Å². The molecule has 1 aromatic carbocycles. The van der Waals surface area contributed by atoms with Gasteiger partial charge in [0.05, 0.1) is 13.0 Å². The van der Waals surface area contributed by atoms with Crippen LogP contribution in [0.5, 0.6) is 11.5 Å². The van der Waals surface area contributed by atoms with Crippen LogP contribution in [0.25, 0.3) is 0 Å². The number of phenolic OH excluding ortho intramolecular Hbond substituents is 1. The van der Waals surface area contributed by atoms with E-state index in [-0.39, 0.29) is 11.7 Å². The predicted octanol–water partition coefficient (Wildman–Crippen LogP) is 2.81.